The van der Waals surface area contributed by atoms with Gasteiger partial charge in [0.1, 0.15) is 0 Å². The van der Waals surface area contributed by atoms with E-state index in [1.54, 1.807) is 0 Å². The van der Waals surface area contributed by atoms with Gasteiger partial charge in [0.05, 0.1) is 17.4 Å². The molecule has 0 saturated carbocycles. The molecule has 2 fully saturated rings. The number of hydrogen-bond acceptors (Lipinski definition) is 7. The van der Waals surface area contributed by atoms with Gasteiger partial charge in [0.2, 0.25) is 5.89 Å². The molecule has 1 amide bonds. The second-order valence-electron chi connectivity index (χ2n) is 7.25. The van der Waals surface area contributed by atoms with Crippen LogP contribution in [-0.4, -0.2) is 60.5 Å². The van der Waals surface area contributed by atoms with E-state index in [-0.39, 0.29) is 11.8 Å². The molecule has 4 rings (SSSR count). The fourth-order valence-electron chi connectivity index (χ4n) is 3.37. The normalized spacial score (nSPS) is 18.6. The first-order chi connectivity index (χ1) is 13.2. The number of thiophene rings is 1. The Labute approximate surface area is 162 Å². The fourth-order valence-corrected chi connectivity index (χ4v) is 4.20. The number of hydrogen-bond donors (Lipinski definition) is 0. The van der Waals surface area contributed by atoms with Crippen molar-refractivity contribution in [2.24, 2.45) is 5.92 Å². The quantitative estimate of drug-likeness (QED) is 0.676. The number of aryl methyl sites for hydroxylation is 1. The molecule has 27 heavy (non-hydrogen) atoms. The number of aromatic nitrogens is 2. The van der Waals surface area contributed by atoms with E-state index in [0.29, 0.717) is 43.8 Å². The third-order valence-corrected chi connectivity index (χ3v) is 6.11. The van der Waals surface area contributed by atoms with Crippen LogP contribution in [0.1, 0.15) is 45.0 Å². The van der Waals surface area contributed by atoms with E-state index in [2.05, 4.69) is 10.1 Å². The number of carbonyl (C=O) groups is 1. The Morgan fingerprint density at radius 2 is 2.15 bits per heavy atom. The molecule has 0 unspecified atom stereocenters. The standard InChI is InChI=1S/C19H25N3O4S/c1-13-2-3-16(27-13)19(23)22-10-15(11-22)18-20-17(21-26-18)6-9-25-12-14-4-7-24-8-5-14/h2-3,14-15H,4-12H2,1H3. The SMILES string of the molecule is Cc1ccc(C(=O)N2CC(c3nc(CCOCC4CCOCC4)no3)C2)s1. The number of amides is 1. The van der Waals surface area contributed by atoms with Gasteiger partial charge >= 0.3 is 0 Å². The average molecular weight is 391 g/mol. The van der Waals surface area contributed by atoms with Crippen LogP contribution in [0, 0.1) is 12.8 Å². The first-order valence-electron chi connectivity index (χ1n) is 9.52. The maximum atomic E-state index is 12.4. The van der Waals surface area contributed by atoms with Crippen LogP contribution in [-0.2, 0) is 15.9 Å². The second kappa shape index (κ2) is 8.50. The van der Waals surface area contributed by atoms with E-state index < -0.39 is 0 Å². The highest BCUT2D eigenvalue weighted by molar-refractivity contribution is 7.13. The Bertz CT molecular complexity index is 763. The van der Waals surface area contributed by atoms with Crippen molar-refractivity contribution < 1.29 is 18.8 Å². The van der Waals surface area contributed by atoms with E-state index in [0.717, 1.165) is 42.4 Å². The lowest BCUT2D eigenvalue weighted by molar-refractivity contribution is 0.0211. The zero-order valence-corrected chi connectivity index (χ0v) is 16.4. The monoisotopic (exact) mass is 391 g/mol. The lowest BCUT2D eigenvalue weighted by atomic mass is 10.00. The molecule has 2 aromatic rings. The summed E-state index contributed by atoms with van der Waals surface area (Å²) in [4.78, 5) is 20.6. The van der Waals surface area contributed by atoms with Gasteiger partial charge in [-0.1, -0.05) is 5.16 Å². The molecular formula is C19H25N3O4S. The summed E-state index contributed by atoms with van der Waals surface area (Å²) in [5, 5.41) is 4.05. The zero-order valence-electron chi connectivity index (χ0n) is 15.6. The Morgan fingerprint density at radius 1 is 1.33 bits per heavy atom. The third kappa shape index (κ3) is 4.56. The highest BCUT2D eigenvalue weighted by Crippen LogP contribution is 2.28. The molecular weight excluding hydrogens is 366 g/mol. The summed E-state index contributed by atoms with van der Waals surface area (Å²) in [5.74, 6) is 2.13. The van der Waals surface area contributed by atoms with E-state index in [9.17, 15) is 4.79 Å². The smallest absolute Gasteiger partial charge is 0.263 e. The van der Waals surface area contributed by atoms with Crippen LogP contribution in [0.2, 0.25) is 0 Å². The minimum Gasteiger partial charge on any atom is -0.381 e. The van der Waals surface area contributed by atoms with Gasteiger partial charge in [-0.3, -0.25) is 4.79 Å². The van der Waals surface area contributed by atoms with Crippen molar-refractivity contribution in [1.29, 1.82) is 0 Å². The Balaban J connectivity index is 1.18. The van der Waals surface area contributed by atoms with Crippen molar-refractivity contribution in [2.75, 3.05) is 39.5 Å². The number of rotatable bonds is 7. The highest BCUT2D eigenvalue weighted by atomic mass is 32.1. The molecule has 4 heterocycles. The van der Waals surface area contributed by atoms with Gasteiger partial charge in [-0.2, -0.15) is 4.98 Å². The van der Waals surface area contributed by atoms with Crippen molar-refractivity contribution in [1.82, 2.24) is 15.0 Å². The predicted octanol–water partition coefficient (Wildman–Crippen LogP) is 2.66. The van der Waals surface area contributed by atoms with Crippen molar-refractivity contribution in [3.05, 3.63) is 33.6 Å². The topological polar surface area (TPSA) is 77.7 Å². The van der Waals surface area contributed by atoms with Crippen LogP contribution < -0.4 is 0 Å². The van der Waals surface area contributed by atoms with Crippen molar-refractivity contribution >= 4 is 17.2 Å². The molecule has 0 N–H and O–H groups in total. The molecule has 0 aliphatic carbocycles. The summed E-state index contributed by atoms with van der Waals surface area (Å²) < 4.78 is 16.5. The lowest BCUT2D eigenvalue weighted by Crippen LogP contribution is -2.48. The fraction of sp³-hybridized carbons (Fsp3) is 0.632. The first-order valence-corrected chi connectivity index (χ1v) is 10.3. The number of nitrogens with zero attached hydrogens (tertiary/aromatic N) is 3. The molecule has 146 valence electrons. The zero-order chi connectivity index (χ0) is 18.6. The molecule has 2 aliphatic rings. The number of ether oxygens (including phenoxy) is 2. The average Bonchev–Trinajstić information content (AvgIpc) is 3.28. The van der Waals surface area contributed by atoms with E-state index in [1.807, 2.05) is 24.0 Å². The van der Waals surface area contributed by atoms with Gasteiger partial charge in [0.25, 0.3) is 5.91 Å². The highest BCUT2D eigenvalue weighted by Gasteiger charge is 2.36. The molecule has 0 spiro atoms. The van der Waals surface area contributed by atoms with Crippen LogP contribution in [0.4, 0.5) is 0 Å². The van der Waals surface area contributed by atoms with Gasteiger partial charge < -0.3 is 18.9 Å². The largest absolute Gasteiger partial charge is 0.381 e. The molecule has 0 atom stereocenters. The lowest BCUT2D eigenvalue weighted by Gasteiger charge is -2.36. The van der Waals surface area contributed by atoms with Gasteiger partial charge in [-0.25, -0.2) is 0 Å². The Morgan fingerprint density at radius 3 is 2.89 bits per heavy atom. The van der Waals surface area contributed by atoms with Crippen LogP contribution in [0.3, 0.4) is 0 Å². The maximum Gasteiger partial charge on any atom is 0.263 e. The van der Waals surface area contributed by atoms with Gasteiger partial charge in [0.15, 0.2) is 5.82 Å². The molecule has 2 aliphatic heterocycles. The Kier molecular flexibility index (Phi) is 5.85. The van der Waals surface area contributed by atoms with Crippen LogP contribution in [0.5, 0.6) is 0 Å². The summed E-state index contributed by atoms with van der Waals surface area (Å²) in [5.41, 5.74) is 0. The van der Waals surface area contributed by atoms with Crippen molar-refractivity contribution in [3.8, 4) is 0 Å². The van der Waals surface area contributed by atoms with E-state index in [4.69, 9.17) is 14.0 Å². The van der Waals surface area contributed by atoms with Gasteiger partial charge in [-0.15, -0.1) is 11.3 Å². The van der Waals surface area contributed by atoms with Gasteiger partial charge in [-0.05, 0) is 37.8 Å². The molecule has 7 nitrogen and oxygen atoms in total. The van der Waals surface area contributed by atoms with Crippen LogP contribution in [0.25, 0.3) is 0 Å². The van der Waals surface area contributed by atoms with Crippen molar-refractivity contribution in [2.45, 2.75) is 32.1 Å². The summed E-state index contributed by atoms with van der Waals surface area (Å²) in [6.45, 7) is 6.34. The molecule has 0 radical (unpaired) electrons. The van der Waals surface area contributed by atoms with E-state index >= 15 is 0 Å². The summed E-state index contributed by atoms with van der Waals surface area (Å²) in [7, 11) is 0. The van der Waals surface area contributed by atoms with Gasteiger partial charge in [0, 0.05) is 44.2 Å². The molecule has 0 bridgehead atoms. The Hall–Kier alpha value is -1.77. The third-order valence-electron chi connectivity index (χ3n) is 5.12. The maximum absolute atomic E-state index is 12.4. The van der Waals surface area contributed by atoms with Crippen molar-refractivity contribution in [3.63, 3.8) is 0 Å². The minimum atomic E-state index is 0.0885. The molecule has 8 heteroatoms. The summed E-state index contributed by atoms with van der Waals surface area (Å²) in [6.07, 6.45) is 2.80. The number of likely N-dealkylation sites (tertiary alicyclic amines) is 1. The van der Waals surface area contributed by atoms with Crippen LogP contribution >= 0.6 is 11.3 Å². The molecule has 2 aromatic heterocycles. The predicted molar refractivity (Wildman–Crippen MR) is 100 cm³/mol. The molecule has 0 aromatic carbocycles. The molecule has 2 saturated heterocycles. The summed E-state index contributed by atoms with van der Waals surface area (Å²) in [6, 6.07) is 3.87. The second-order valence-corrected chi connectivity index (χ2v) is 8.53. The minimum absolute atomic E-state index is 0.0885. The van der Waals surface area contributed by atoms with Crippen LogP contribution in [0.15, 0.2) is 16.7 Å². The summed E-state index contributed by atoms with van der Waals surface area (Å²) >= 11 is 1.53. The van der Waals surface area contributed by atoms with E-state index in [1.165, 1.54) is 11.3 Å². The first kappa shape index (κ1) is 18.6. The number of carbonyl (C=O) groups excluding carboxylic acids is 1.